The lowest BCUT2D eigenvalue weighted by Gasteiger charge is -2.14. The molecule has 0 aliphatic heterocycles. The van der Waals surface area contributed by atoms with Gasteiger partial charge >= 0.3 is 5.97 Å². The molecule has 0 saturated carbocycles. The molecule has 11 heteroatoms. The minimum atomic E-state index is -1.58. The maximum atomic E-state index is 13.7. The Morgan fingerprint density at radius 3 is 2.50 bits per heavy atom. The minimum Gasteiger partial charge on any atom is -0.505 e. The summed E-state index contributed by atoms with van der Waals surface area (Å²) in [5, 5.41) is 18.7. The van der Waals surface area contributed by atoms with Gasteiger partial charge in [-0.1, -0.05) is 23.2 Å². The van der Waals surface area contributed by atoms with Crippen LogP contribution in [0.2, 0.25) is 10.0 Å². The van der Waals surface area contributed by atoms with Crippen molar-refractivity contribution in [2.45, 2.75) is 0 Å². The maximum absolute atomic E-state index is 13.7. The zero-order valence-corrected chi connectivity index (χ0v) is 12.9. The predicted octanol–water partition coefficient (Wildman–Crippen LogP) is 3.80. The number of hydrogen-bond acceptors (Lipinski definition) is 5. The standard InChI is InChI=1S/C13H7Cl2F3N2O4/c14-7-11(24-5-2-1-4(21)9(16)10(5)17)8(15)13(20-12(7)18)19-3-6(22)23/h1-2,21H,3H2,(H,19,20)(H,22,23). The molecule has 0 fully saturated rings. The molecule has 0 unspecified atom stereocenters. The third-order valence-electron chi connectivity index (χ3n) is 2.64. The van der Waals surface area contributed by atoms with E-state index in [0.717, 1.165) is 12.1 Å². The van der Waals surface area contributed by atoms with E-state index in [1.807, 2.05) is 0 Å². The predicted molar refractivity (Wildman–Crippen MR) is 78.4 cm³/mol. The summed E-state index contributed by atoms with van der Waals surface area (Å²) < 4.78 is 45.7. The Kier molecular flexibility index (Phi) is 5.25. The molecule has 0 spiro atoms. The number of rotatable bonds is 5. The molecular weight excluding hydrogens is 376 g/mol. The molecule has 0 atom stereocenters. The van der Waals surface area contributed by atoms with Crippen molar-refractivity contribution in [1.82, 2.24) is 4.98 Å². The number of phenolic OH excluding ortho intramolecular Hbond substituents is 1. The Bertz CT molecular complexity index is 821. The monoisotopic (exact) mass is 382 g/mol. The Labute approximate surface area is 142 Å². The summed E-state index contributed by atoms with van der Waals surface area (Å²) in [6.07, 6.45) is 0. The normalized spacial score (nSPS) is 10.5. The van der Waals surface area contributed by atoms with Crippen LogP contribution in [-0.2, 0) is 4.79 Å². The number of phenols is 1. The fourth-order valence-corrected chi connectivity index (χ4v) is 2.04. The van der Waals surface area contributed by atoms with Crippen molar-refractivity contribution in [2.75, 3.05) is 11.9 Å². The number of carboxylic acids is 1. The second-order valence-corrected chi connectivity index (χ2v) is 5.02. The van der Waals surface area contributed by atoms with E-state index in [0.29, 0.717) is 0 Å². The first kappa shape index (κ1) is 18.0. The van der Waals surface area contributed by atoms with Crippen molar-refractivity contribution in [1.29, 1.82) is 0 Å². The number of ether oxygens (including phenoxy) is 1. The van der Waals surface area contributed by atoms with E-state index < -0.39 is 63.2 Å². The highest BCUT2D eigenvalue weighted by atomic mass is 35.5. The quantitative estimate of drug-likeness (QED) is 0.681. The van der Waals surface area contributed by atoms with Crippen LogP contribution in [0.1, 0.15) is 0 Å². The number of halogens is 5. The van der Waals surface area contributed by atoms with E-state index in [-0.39, 0.29) is 0 Å². The lowest BCUT2D eigenvalue weighted by atomic mass is 10.3. The van der Waals surface area contributed by atoms with E-state index in [1.165, 1.54) is 0 Å². The highest BCUT2D eigenvalue weighted by molar-refractivity contribution is 6.38. The highest BCUT2D eigenvalue weighted by Crippen LogP contribution is 2.42. The van der Waals surface area contributed by atoms with Crippen molar-refractivity contribution < 1.29 is 32.9 Å². The molecular formula is C13H7Cl2F3N2O4. The zero-order chi connectivity index (χ0) is 18.0. The number of carbonyl (C=O) groups is 1. The molecule has 0 aliphatic rings. The number of pyridine rings is 1. The molecule has 0 saturated heterocycles. The van der Waals surface area contributed by atoms with Crippen LogP contribution in [0.25, 0.3) is 0 Å². The Hall–Kier alpha value is -2.39. The van der Waals surface area contributed by atoms with Crippen molar-refractivity contribution in [3.8, 4) is 17.2 Å². The molecule has 1 aromatic heterocycles. The van der Waals surface area contributed by atoms with Crippen LogP contribution < -0.4 is 10.1 Å². The van der Waals surface area contributed by atoms with Crippen LogP contribution >= 0.6 is 23.2 Å². The minimum absolute atomic E-state index is 0.421. The molecule has 1 heterocycles. The van der Waals surface area contributed by atoms with E-state index in [9.17, 15) is 18.0 Å². The van der Waals surface area contributed by atoms with Crippen molar-refractivity contribution in [3.05, 3.63) is 39.8 Å². The molecule has 0 aliphatic carbocycles. The SMILES string of the molecule is O=C(O)CNc1nc(F)c(Cl)c(Oc2ccc(O)c(F)c2F)c1Cl. The summed E-state index contributed by atoms with van der Waals surface area (Å²) >= 11 is 11.5. The molecule has 1 aromatic carbocycles. The number of aromatic hydroxyl groups is 1. The number of carboxylic acid groups (broad SMARTS) is 1. The molecule has 0 radical (unpaired) electrons. The van der Waals surface area contributed by atoms with E-state index in [2.05, 4.69) is 10.3 Å². The number of aliphatic carboxylic acids is 1. The second-order valence-electron chi connectivity index (χ2n) is 4.27. The number of aromatic nitrogens is 1. The van der Waals surface area contributed by atoms with Gasteiger partial charge in [-0.15, -0.1) is 0 Å². The first-order valence-corrected chi connectivity index (χ1v) is 6.83. The molecule has 0 bridgehead atoms. The number of hydrogen-bond donors (Lipinski definition) is 3. The summed E-state index contributed by atoms with van der Waals surface area (Å²) in [6.45, 7) is -0.643. The van der Waals surface area contributed by atoms with Crippen molar-refractivity contribution >= 4 is 35.0 Å². The molecule has 6 nitrogen and oxygen atoms in total. The van der Waals surface area contributed by atoms with Gasteiger partial charge in [0.05, 0.1) is 0 Å². The molecule has 0 amide bonds. The number of nitrogens with one attached hydrogen (secondary N) is 1. The maximum Gasteiger partial charge on any atom is 0.322 e. The third kappa shape index (κ3) is 3.57. The van der Waals surface area contributed by atoms with Crippen LogP contribution in [0, 0.1) is 17.6 Å². The number of anilines is 1. The summed E-state index contributed by atoms with van der Waals surface area (Å²) in [5.74, 6) is -8.41. The van der Waals surface area contributed by atoms with Crippen molar-refractivity contribution in [3.63, 3.8) is 0 Å². The molecule has 128 valence electrons. The van der Waals surface area contributed by atoms with Gasteiger partial charge in [-0.2, -0.15) is 18.2 Å². The van der Waals surface area contributed by atoms with Crippen LogP contribution in [-0.4, -0.2) is 27.7 Å². The molecule has 3 N–H and O–H groups in total. The van der Waals surface area contributed by atoms with Gasteiger partial charge in [-0.25, -0.2) is 0 Å². The summed E-state index contributed by atoms with van der Waals surface area (Å²) in [4.78, 5) is 13.8. The van der Waals surface area contributed by atoms with Crippen LogP contribution in [0.15, 0.2) is 12.1 Å². The lowest BCUT2D eigenvalue weighted by molar-refractivity contribution is -0.134. The average molecular weight is 383 g/mol. The van der Waals surface area contributed by atoms with Gasteiger partial charge < -0.3 is 20.3 Å². The van der Waals surface area contributed by atoms with Crippen LogP contribution in [0.5, 0.6) is 17.2 Å². The fourth-order valence-electron chi connectivity index (χ4n) is 1.57. The highest BCUT2D eigenvalue weighted by Gasteiger charge is 2.23. The van der Waals surface area contributed by atoms with Gasteiger partial charge in [0, 0.05) is 0 Å². The van der Waals surface area contributed by atoms with E-state index in [4.69, 9.17) is 38.2 Å². The second kappa shape index (κ2) is 7.02. The van der Waals surface area contributed by atoms with Gasteiger partial charge in [0.25, 0.3) is 0 Å². The molecule has 2 rings (SSSR count). The number of nitrogens with zero attached hydrogens (tertiary/aromatic N) is 1. The topological polar surface area (TPSA) is 91.7 Å². The lowest BCUT2D eigenvalue weighted by Crippen LogP contribution is -2.14. The number of benzene rings is 1. The van der Waals surface area contributed by atoms with Gasteiger partial charge in [0.2, 0.25) is 17.6 Å². The average Bonchev–Trinajstić information content (AvgIpc) is 2.53. The molecule has 2 aromatic rings. The van der Waals surface area contributed by atoms with Crippen LogP contribution in [0.4, 0.5) is 19.0 Å². The Morgan fingerprint density at radius 2 is 1.88 bits per heavy atom. The van der Waals surface area contributed by atoms with Gasteiger partial charge in [-0.3, -0.25) is 4.79 Å². The molecule has 24 heavy (non-hydrogen) atoms. The summed E-state index contributed by atoms with van der Waals surface area (Å²) in [5.41, 5.74) is 0. The Morgan fingerprint density at radius 1 is 1.21 bits per heavy atom. The largest absolute Gasteiger partial charge is 0.505 e. The van der Waals surface area contributed by atoms with Crippen molar-refractivity contribution in [2.24, 2.45) is 0 Å². The van der Waals surface area contributed by atoms with E-state index >= 15 is 0 Å². The summed E-state index contributed by atoms with van der Waals surface area (Å²) in [6, 6.07) is 1.67. The zero-order valence-electron chi connectivity index (χ0n) is 11.4. The third-order valence-corrected chi connectivity index (χ3v) is 3.32. The van der Waals surface area contributed by atoms with E-state index in [1.54, 1.807) is 0 Å². The first-order chi connectivity index (χ1) is 11.2. The van der Waals surface area contributed by atoms with Gasteiger partial charge in [0.1, 0.15) is 16.6 Å². The fraction of sp³-hybridized carbons (Fsp3) is 0.0769. The van der Waals surface area contributed by atoms with Gasteiger partial charge in [0.15, 0.2) is 23.1 Å². The Balaban J connectivity index is 2.46. The summed E-state index contributed by atoms with van der Waals surface area (Å²) in [7, 11) is 0. The smallest absolute Gasteiger partial charge is 0.322 e. The first-order valence-electron chi connectivity index (χ1n) is 6.07. The van der Waals surface area contributed by atoms with Gasteiger partial charge in [-0.05, 0) is 12.1 Å². The van der Waals surface area contributed by atoms with Crippen LogP contribution in [0.3, 0.4) is 0 Å².